The van der Waals surface area contributed by atoms with Gasteiger partial charge in [0.25, 0.3) is 0 Å². The first kappa shape index (κ1) is 11.9. The number of rotatable bonds is 2. The molecule has 0 amide bonds. The Balaban J connectivity index is 2.14. The topological polar surface area (TPSA) is 47.3 Å². The van der Waals surface area contributed by atoms with Gasteiger partial charge in [-0.05, 0) is 37.0 Å². The molecule has 19 heavy (non-hydrogen) atoms. The fourth-order valence-electron chi connectivity index (χ4n) is 2.63. The van der Waals surface area contributed by atoms with Crippen molar-refractivity contribution >= 4 is 12.1 Å². The molecule has 0 spiro atoms. The van der Waals surface area contributed by atoms with Gasteiger partial charge in [-0.2, -0.15) is 0 Å². The molecule has 2 aromatic rings. The van der Waals surface area contributed by atoms with Crippen LogP contribution in [0.15, 0.2) is 34.7 Å². The fraction of sp³-hybridized carbons (Fsp3) is 0.250. The summed E-state index contributed by atoms with van der Waals surface area (Å²) in [6.07, 6.45) is 4.14. The molecule has 1 aromatic carbocycles. The van der Waals surface area contributed by atoms with E-state index in [2.05, 4.69) is 0 Å². The Labute approximate surface area is 111 Å². The minimum Gasteiger partial charge on any atom is -0.453 e. The van der Waals surface area contributed by atoms with Gasteiger partial charge in [-0.15, -0.1) is 0 Å². The SMILES string of the molecule is O=Cc1ccc(-c2cccc3c2CCCCC3=O)o1. The molecule has 3 rings (SSSR count). The zero-order valence-electron chi connectivity index (χ0n) is 10.5. The number of ketones is 1. The van der Waals surface area contributed by atoms with Crippen LogP contribution < -0.4 is 0 Å². The lowest BCUT2D eigenvalue weighted by Gasteiger charge is -2.09. The molecule has 1 aromatic heterocycles. The van der Waals surface area contributed by atoms with Gasteiger partial charge in [0.1, 0.15) is 5.76 Å². The van der Waals surface area contributed by atoms with Gasteiger partial charge < -0.3 is 4.42 Å². The Bertz CT molecular complexity index is 637. The molecule has 0 bridgehead atoms. The number of fused-ring (bicyclic) bond motifs is 1. The summed E-state index contributed by atoms with van der Waals surface area (Å²) in [6, 6.07) is 9.15. The maximum Gasteiger partial charge on any atom is 0.185 e. The van der Waals surface area contributed by atoms with Crippen molar-refractivity contribution in [2.45, 2.75) is 25.7 Å². The largest absolute Gasteiger partial charge is 0.453 e. The van der Waals surface area contributed by atoms with Gasteiger partial charge in [-0.25, -0.2) is 0 Å². The standard InChI is InChI=1S/C16H14O3/c17-10-11-8-9-16(19-11)14-6-3-5-13-12(14)4-1-2-7-15(13)18/h3,5-6,8-10H,1-2,4,7H2. The van der Waals surface area contributed by atoms with Gasteiger partial charge in [0.05, 0.1) is 0 Å². The Kier molecular flexibility index (Phi) is 3.03. The summed E-state index contributed by atoms with van der Waals surface area (Å²) in [7, 11) is 0. The minimum atomic E-state index is 0.205. The normalized spacial score (nSPS) is 14.8. The van der Waals surface area contributed by atoms with Crippen LogP contribution in [-0.2, 0) is 6.42 Å². The molecule has 0 saturated carbocycles. The van der Waals surface area contributed by atoms with E-state index < -0.39 is 0 Å². The molecule has 1 aliphatic carbocycles. The number of carbonyl (C=O) groups is 2. The van der Waals surface area contributed by atoms with Gasteiger partial charge in [0, 0.05) is 17.5 Å². The molecule has 0 unspecified atom stereocenters. The first-order valence-electron chi connectivity index (χ1n) is 6.50. The molecule has 0 N–H and O–H groups in total. The highest BCUT2D eigenvalue weighted by molar-refractivity contribution is 5.99. The van der Waals surface area contributed by atoms with E-state index >= 15 is 0 Å². The zero-order valence-corrected chi connectivity index (χ0v) is 10.5. The second kappa shape index (κ2) is 4.84. The van der Waals surface area contributed by atoms with Crippen molar-refractivity contribution < 1.29 is 14.0 Å². The molecule has 3 heteroatoms. The van der Waals surface area contributed by atoms with E-state index in [1.165, 1.54) is 0 Å². The predicted molar refractivity (Wildman–Crippen MR) is 71.4 cm³/mol. The number of benzene rings is 1. The maximum absolute atomic E-state index is 12.1. The second-order valence-electron chi connectivity index (χ2n) is 4.78. The molecule has 1 aliphatic rings. The van der Waals surface area contributed by atoms with Gasteiger partial charge in [-0.1, -0.05) is 18.2 Å². The number of furan rings is 1. The van der Waals surface area contributed by atoms with Gasteiger partial charge in [0.15, 0.2) is 17.8 Å². The predicted octanol–water partition coefficient (Wildman–Crippen LogP) is 3.67. The lowest BCUT2D eigenvalue weighted by molar-refractivity contribution is 0.0981. The van der Waals surface area contributed by atoms with Crippen molar-refractivity contribution in [3.05, 3.63) is 47.2 Å². The molecule has 0 atom stereocenters. The highest BCUT2D eigenvalue weighted by Gasteiger charge is 2.19. The number of carbonyl (C=O) groups excluding carboxylic acids is 2. The Hall–Kier alpha value is -2.16. The summed E-state index contributed by atoms with van der Waals surface area (Å²) in [5.74, 6) is 1.18. The van der Waals surface area contributed by atoms with Gasteiger partial charge >= 0.3 is 0 Å². The van der Waals surface area contributed by atoms with E-state index in [0.717, 1.165) is 36.0 Å². The van der Waals surface area contributed by atoms with Crippen LogP contribution in [0.5, 0.6) is 0 Å². The highest BCUT2D eigenvalue weighted by Crippen LogP contribution is 2.31. The number of aldehydes is 1. The first-order valence-corrected chi connectivity index (χ1v) is 6.50. The molecule has 0 radical (unpaired) electrons. The summed E-state index contributed by atoms with van der Waals surface area (Å²) in [4.78, 5) is 22.8. The molecule has 3 nitrogen and oxygen atoms in total. The Morgan fingerprint density at radius 1 is 1.00 bits per heavy atom. The molecule has 0 fully saturated rings. The lowest BCUT2D eigenvalue weighted by Crippen LogP contribution is -2.01. The van der Waals surface area contributed by atoms with Crippen molar-refractivity contribution in [3.8, 4) is 11.3 Å². The van der Waals surface area contributed by atoms with Crippen molar-refractivity contribution in [1.29, 1.82) is 0 Å². The van der Waals surface area contributed by atoms with E-state index in [0.29, 0.717) is 24.2 Å². The number of hydrogen-bond donors (Lipinski definition) is 0. The van der Waals surface area contributed by atoms with E-state index in [1.807, 2.05) is 18.2 Å². The van der Waals surface area contributed by atoms with Crippen LogP contribution in [0.2, 0.25) is 0 Å². The number of Topliss-reactive ketones (excluding diaryl/α,β-unsaturated/α-hetero) is 1. The third kappa shape index (κ3) is 2.12. The molecular weight excluding hydrogens is 240 g/mol. The monoisotopic (exact) mass is 254 g/mol. The fourth-order valence-corrected chi connectivity index (χ4v) is 2.63. The molecule has 1 heterocycles. The lowest BCUT2D eigenvalue weighted by atomic mass is 9.95. The molecule has 96 valence electrons. The minimum absolute atomic E-state index is 0.205. The summed E-state index contributed by atoms with van der Waals surface area (Å²) in [6.45, 7) is 0. The van der Waals surface area contributed by atoms with Crippen molar-refractivity contribution in [2.75, 3.05) is 0 Å². The second-order valence-corrected chi connectivity index (χ2v) is 4.78. The Morgan fingerprint density at radius 2 is 1.79 bits per heavy atom. The van der Waals surface area contributed by atoms with E-state index in [4.69, 9.17) is 4.42 Å². The summed E-state index contributed by atoms with van der Waals surface area (Å²) in [5.41, 5.74) is 2.79. The maximum atomic E-state index is 12.1. The van der Waals surface area contributed by atoms with Crippen LogP contribution in [0, 0.1) is 0 Å². The van der Waals surface area contributed by atoms with Gasteiger partial charge in [0.2, 0.25) is 0 Å². The van der Waals surface area contributed by atoms with Crippen LogP contribution in [0.25, 0.3) is 11.3 Å². The highest BCUT2D eigenvalue weighted by atomic mass is 16.3. The quantitative estimate of drug-likeness (QED) is 0.606. The molecule has 0 aliphatic heterocycles. The van der Waals surface area contributed by atoms with Crippen molar-refractivity contribution in [2.24, 2.45) is 0 Å². The molecule has 0 saturated heterocycles. The summed E-state index contributed by atoms with van der Waals surface area (Å²) >= 11 is 0. The molecular formula is C16H14O3. The first-order chi connectivity index (χ1) is 9.29. The van der Waals surface area contributed by atoms with Gasteiger partial charge in [-0.3, -0.25) is 9.59 Å². The van der Waals surface area contributed by atoms with E-state index in [9.17, 15) is 9.59 Å². The van der Waals surface area contributed by atoms with Crippen molar-refractivity contribution in [1.82, 2.24) is 0 Å². The Morgan fingerprint density at radius 3 is 2.58 bits per heavy atom. The average molecular weight is 254 g/mol. The van der Waals surface area contributed by atoms with Crippen LogP contribution in [0.4, 0.5) is 0 Å². The third-order valence-electron chi connectivity index (χ3n) is 3.57. The van der Waals surface area contributed by atoms with Crippen LogP contribution in [0.3, 0.4) is 0 Å². The summed E-state index contributed by atoms with van der Waals surface area (Å²) in [5, 5.41) is 0. The van der Waals surface area contributed by atoms with Crippen LogP contribution >= 0.6 is 0 Å². The van der Waals surface area contributed by atoms with E-state index in [-0.39, 0.29) is 5.78 Å². The third-order valence-corrected chi connectivity index (χ3v) is 3.57. The van der Waals surface area contributed by atoms with E-state index in [1.54, 1.807) is 12.1 Å². The zero-order chi connectivity index (χ0) is 13.2. The van der Waals surface area contributed by atoms with Crippen LogP contribution in [-0.4, -0.2) is 12.1 Å². The number of hydrogen-bond acceptors (Lipinski definition) is 3. The van der Waals surface area contributed by atoms with Crippen molar-refractivity contribution in [3.63, 3.8) is 0 Å². The summed E-state index contributed by atoms with van der Waals surface area (Å²) < 4.78 is 5.48. The smallest absolute Gasteiger partial charge is 0.185 e. The average Bonchev–Trinajstić information content (AvgIpc) is 2.84. The van der Waals surface area contributed by atoms with Crippen LogP contribution in [0.1, 0.15) is 45.7 Å².